The van der Waals surface area contributed by atoms with Gasteiger partial charge in [0.2, 0.25) is 5.91 Å². The van der Waals surface area contributed by atoms with Crippen LogP contribution in [0.2, 0.25) is 5.02 Å². The summed E-state index contributed by atoms with van der Waals surface area (Å²) in [6.45, 7) is 1.61. The maximum absolute atomic E-state index is 15.1. The van der Waals surface area contributed by atoms with E-state index in [2.05, 4.69) is 4.98 Å². The summed E-state index contributed by atoms with van der Waals surface area (Å²) in [5.74, 6) is -0.867. The van der Waals surface area contributed by atoms with E-state index in [0.717, 1.165) is 4.31 Å². The van der Waals surface area contributed by atoms with Crippen LogP contribution in [-0.4, -0.2) is 87.1 Å². The number of fused-ring (bicyclic) bond motifs is 1. The number of β-amino-alcohol motifs (C(OH)–C–C–N with tert-alkyl or cyclic N) is 1. The largest absolute Gasteiger partial charge is 0.497 e. The Morgan fingerprint density at radius 3 is 2.50 bits per heavy atom. The molecule has 0 spiro atoms. The summed E-state index contributed by atoms with van der Waals surface area (Å²) < 4.78 is 40.3. The molecule has 42 heavy (non-hydrogen) atoms. The molecule has 0 radical (unpaired) electrons. The number of likely N-dealkylation sites (tertiary alicyclic amines) is 1. The number of rotatable bonds is 7. The molecular formula is C29H31ClN4O7S. The third-order valence-corrected chi connectivity index (χ3v) is 9.75. The van der Waals surface area contributed by atoms with E-state index in [1.54, 1.807) is 44.2 Å². The average molecular weight is 615 g/mol. The minimum atomic E-state index is -4.62. The van der Waals surface area contributed by atoms with Crippen LogP contribution in [0.4, 0.5) is 5.69 Å². The molecule has 11 nitrogen and oxygen atoms in total. The minimum absolute atomic E-state index is 0.0232. The van der Waals surface area contributed by atoms with Gasteiger partial charge in [-0.2, -0.15) is 0 Å². The zero-order chi connectivity index (χ0) is 30.6. The molecule has 222 valence electrons. The smallest absolute Gasteiger partial charge is 0.274 e. The summed E-state index contributed by atoms with van der Waals surface area (Å²) >= 11 is 6.50. The summed E-state index contributed by atoms with van der Waals surface area (Å²) in [5.41, 5.74) is -0.765. The average Bonchev–Trinajstić information content (AvgIpc) is 3.47. The van der Waals surface area contributed by atoms with Crippen LogP contribution in [0, 0.1) is 6.92 Å². The Kier molecular flexibility index (Phi) is 7.69. The normalized spacial score (nSPS) is 22.3. The van der Waals surface area contributed by atoms with Gasteiger partial charge in [-0.05, 0) is 49.7 Å². The molecule has 1 unspecified atom stereocenters. The van der Waals surface area contributed by atoms with Gasteiger partial charge in [0, 0.05) is 54.7 Å². The van der Waals surface area contributed by atoms with E-state index < -0.39 is 33.6 Å². The molecular weight excluding hydrogens is 584 g/mol. The number of nitrogens with zero attached hydrogens (tertiary/aromatic N) is 4. The first-order chi connectivity index (χ1) is 19.9. The number of sulfonamides is 1. The third kappa shape index (κ3) is 4.41. The van der Waals surface area contributed by atoms with Crippen LogP contribution in [0.5, 0.6) is 11.5 Å². The second kappa shape index (κ2) is 10.8. The SMILES string of the molecule is COc1ccc(S(=O)(=O)N2C(=O)C(c3cccnc3C)(N3C[C@H](O)C[C@H]3C(=O)N(C)C)c3cc(Cl)ccc32)c(OC)c1. The van der Waals surface area contributed by atoms with E-state index in [1.165, 1.54) is 55.5 Å². The Balaban J connectivity index is 1.85. The highest BCUT2D eigenvalue weighted by atomic mass is 35.5. The molecule has 2 aliphatic heterocycles. The molecule has 2 aliphatic rings. The van der Waals surface area contributed by atoms with Crippen LogP contribution >= 0.6 is 11.6 Å². The van der Waals surface area contributed by atoms with Gasteiger partial charge in [0.05, 0.1) is 32.1 Å². The van der Waals surface area contributed by atoms with Gasteiger partial charge in [-0.3, -0.25) is 19.5 Å². The second-order valence-corrected chi connectivity index (χ2v) is 12.6. The lowest BCUT2D eigenvalue weighted by Crippen LogP contribution is -2.59. The molecule has 0 saturated carbocycles. The number of ether oxygens (including phenoxy) is 2. The van der Waals surface area contributed by atoms with Gasteiger partial charge in [0.15, 0.2) is 5.54 Å². The summed E-state index contributed by atoms with van der Waals surface area (Å²) in [6, 6.07) is 11.0. The molecule has 5 rings (SSSR count). The van der Waals surface area contributed by atoms with E-state index in [0.29, 0.717) is 17.0 Å². The van der Waals surface area contributed by atoms with E-state index in [4.69, 9.17) is 21.1 Å². The molecule has 3 atom stereocenters. The number of pyridine rings is 1. The van der Waals surface area contributed by atoms with E-state index >= 15 is 4.79 Å². The Bertz CT molecular complexity index is 1680. The van der Waals surface area contributed by atoms with E-state index in [-0.39, 0.29) is 45.8 Å². The molecule has 2 amide bonds. The van der Waals surface area contributed by atoms with Crippen LogP contribution in [0.3, 0.4) is 0 Å². The maximum atomic E-state index is 15.1. The van der Waals surface area contributed by atoms with Crippen LogP contribution in [0.15, 0.2) is 59.6 Å². The molecule has 1 saturated heterocycles. The Hall–Kier alpha value is -3.71. The number of carbonyl (C=O) groups excluding carboxylic acids is 2. The number of hydrogen-bond donors (Lipinski definition) is 1. The molecule has 2 aromatic carbocycles. The number of aromatic nitrogens is 1. The topological polar surface area (TPSA) is 130 Å². The number of amides is 2. The number of anilines is 1. The zero-order valence-corrected chi connectivity index (χ0v) is 25.3. The number of aliphatic hydroxyl groups excluding tert-OH is 1. The van der Waals surface area contributed by atoms with Gasteiger partial charge >= 0.3 is 0 Å². The first kappa shape index (κ1) is 29.8. The Morgan fingerprint density at radius 1 is 1.12 bits per heavy atom. The number of aryl methyl sites for hydroxylation is 1. The van der Waals surface area contributed by atoms with Crippen molar-refractivity contribution in [2.45, 2.75) is 35.9 Å². The number of aliphatic hydroxyl groups is 1. The zero-order valence-electron chi connectivity index (χ0n) is 23.7. The quantitative estimate of drug-likeness (QED) is 0.427. The molecule has 1 N–H and O–H groups in total. The van der Waals surface area contributed by atoms with Crippen molar-refractivity contribution >= 4 is 39.1 Å². The number of halogens is 1. The van der Waals surface area contributed by atoms with Gasteiger partial charge in [0.1, 0.15) is 16.4 Å². The van der Waals surface area contributed by atoms with Crippen molar-refractivity contribution in [3.63, 3.8) is 0 Å². The molecule has 3 aromatic rings. The van der Waals surface area contributed by atoms with Gasteiger partial charge in [-0.1, -0.05) is 17.7 Å². The summed E-state index contributed by atoms with van der Waals surface area (Å²) in [5, 5.41) is 11.1. The van der Waals surface area contributed by atoms with E-state index in [1.807, 2.05) is 0 Å². The molecule has 1 aromatic heterocycles. The second-order valence-electron chi connectivity index (χ2n) is 10.4. The minimum Gasteiger partial charge on any atom is -0.497 e. The lowest BCUT2D eigenvalue weighted by atomic mass is 9.80. The number of hydrogen-bond acceptors (Lipinski definition) is 9. The molecule has 0 aliphatic carbocycles. The third-order valence-electron chi connectivity index (χ3n) is 7.78. The van der Waals surface area contributed by atoms with Gasteiger partial charge < -0.3 is 19.5 Å². The molecule has 3 heterocycles. The summed E-state index contributed by atoms with van der Waals surface area (Å²) in [4.78, 5) is 35.7. The molecule has 0 bridgehead atoms. The fourth-order valence-electron chi connectivity index (χ4n) is 5.95. The van der Waals surface area contributed by atoms with Crippen molar-refractivity contribution in [2.24, 2.45) is 0 Å². The Morgan fingerprint density at radius 2 is 1.86 bits per heavy atom. The van der Waals surface area contributed by atoms with Gasteiger partial charge in [-0.25, -0.2) is 12.7 Å². The summed E-state index contributed by atoms with van der Waals surface area (Å²) in [6.07, 6.45) is 0.638. The number of carbonyl (C=O) groups is 2. The number of benzene rings is 2. The first-order valence-corrected chi connectivity index (χ1v) is 14.9. The lowest BCUT2D eigenvalue weighted by Gasteiger charge is -2.42. The van der Waals surface area contributed by atoms with Crippen molar-refractivity contribution < 1.29 is 32.6 Å². The molecule has 13 heteroatoms. The van der Waals surface area contributed by atoms with Crippen LogP contribution < -0.4 is 13.8 Å². The highest BCUT2D eigenvalue weighted by Crippen LogP contribution is 2.54. The van der Waals surface area contributed by atoms with Crippen LogP contribution in [0.1, 0.15) is 23.2 Å². The monoisotopic (exact) mass is 614 g/mol. The number of likely N-dealkylation sites (N-methyl/N-ethyl adjacent to an activating group) is 1. The first-order valence-electron chi connectivity index (χ1n) is 13.1. The highest BCUT2D eigenvalue weighted by molar-refractivity contribution is 7.93. The lowest BCUT2D eigenvalue weighted by molar-refractivity contribution is -0.138. The molecule has 1 fully saturated rings. The highest BCUT2D eigenvalue weighted by Gasteiger charge is 2.63. The van der Waals surface area contributed by atoms with Gasteiger partial charge in [-0.15, -0.1) is 0 Å². The Labute approximate surface area is 249 Å². The van der Waals surface area contributed by atoms with Crippen molar-refractivity contribution in [3.8, 4) is 11.5 Å². The van der Waals surface area contributed by atoms with Crippen molar-refractivity contribution in [2.75, 3.05) is 39.2 Å². The van der Waals surface area contributed by atoms with Gasteiger partial charge in [0.25, 0.3) is 15.9 Å². The standard InChI is InChI=1S/C29H31ClN4O7S/c1-17-21(7-6-12-31-17)29(33-16-19(35)14-24(33)27(36)32(2)3)22-13-18(30)8-10-23(22)34(28(29)37)42(38,39)26-11-9-20(40-4)15-25(26)41-5/h6-13,15,19,24,35H,14,16H2,1-5H3/t19-,24+,29?/m1/s1. The van der Waals surface area contributed by atoms with E-state index in [9.17, 15) is 18.3 Å². The van der Waals surface area contributed by atoms with Crippen LogP contribution in [0.25, 0.3) is 0 Å². The maximum Gasteiger partial charge on any atom is 0.274 e. The van der Waals surface area contributed by atoms with Crippen molar-refractivity contribution in [1.82, 2.24) is 14.8 Å². The fourth-order valence-corrected chi connectivity index (χ4v) is 7.72. The predicted octanol–water partition coefficient (Wildman–Crippen LogP) is 2.56. The number of methoxy groups -OCH3 is 2. The van der Waals surface area contributed by atoms with Crippen molar-refractivity contribution in [1.29, 1.82) is 0 Å². The van der Waals surface area contributed by atoms with Crippen molar-refractivity contribution in [3.05, 3.63) is 76.6 Å². The van der Waals surface area contributed by atoms with Crippen LogP contribution in [-0.2, 0) is 25.2 Å². The summed E-state index contributed by atoms with van der Waals surface area (Å²) in [7, 11) is 1.31. The predicted molar refractivity (Wildman–Crippen MR) is 155 cm³/mol. The fraction of sp³-hybridized carbons (Fsp3) is 0.345.